The van der Waals surface area contributed by atoms with Crippen molar-refractivity contribution in [2.45, 2.75) is 12.8 Å². The van der Waals surface area contributed by atoms with Crippen LogP contribution in [0.5, 0.6) is 11.5 Å². The molecule has 1 amide bonds. The summed E-state index contributed by atoms with van der Waals surface area (Å²) in [5, 5.41) is 9.80. The van der Waals surface area contributed by atoms with E-state index < -0.39 is 11.0 Å². The lowest BCUT2D eigenvalue weighted by molar-refractivity contribution is 0.0633. The number of rotatable bonds is 5. The number of piperidine rings is 1. The smallest absolute Gasteiger partial charge is 0.253 e. The van der Waals surface area contributed by atoms with Gasteiger partial charge in [-0.15, -0.1) is 4.40 Å². The van der Waals surface area contributed by atoms with Crippen LogP contribution >= 0.6 is 11.0 Å². The number of carbonyl (C=O) groups excluding carboxylic acids is 1. The first kappa shape index (κ1) is 24.0. The summed E-state index contributed by atoms with van der Waals surface area (Å²) in [5.74, 6) is 0.775. The maximum atomic E-state index is 13.3. The third-order valence-electron chi connectivity index (χ3n) is 6.32. The van der Waals surface area contributed by atoms with Crippen molar-refractivity contribution in [2.75, 3.05) is 24.4 Å². The van der Waals surface area contributed by atoms with E-state index in [0.29, 0.717) is 42.3 Å². The van der Waals surface area contributed by atoms with E-state index in [1.807, 2.05) is 35.2 Å². The van der Waals surface area contributed by atoms with Gasteiger partial charge in [-0.2, -0.15) is 0 Å². The first-order chi connectivity index (χ1) is 17.3. The zero-order chi connectivity index (χ0) is 25.3. The van der Waals surface area contributed by atoms with E-state index in [-0.39, 0.29) is 23.4 Å². The fourth-order valence-corrected chi connectivity index (χ4v) is 5.52. The van der Waals surface area contributed by atoms with E-state index in [2.05, 4.69) is 9.12 Å². The SMILES string of the molecule is NC1=NS(O)(O)Nc2cccc(OC[C@H]3CCCN(C(=O)c4cccc(-c5cccc(O)c5)c4)C3)c21. The van der Waals surface area contributed by atoms with Gasteiger partial charge in [0.05, 0.1) is 17.9 Å². The number of nitrogens with one attached hydrogen (secondary N) is 1. The van der Waals surface area contributed by atoms with Crippen molar-refractivity contribution < 1.29 is 23.7 Å². The summed E-state index contributed by atoms with van der Waals surface area (Å²) < 4.78 is 32.1. The third kappa shape index (κ3) is 5.11. The molecule has 2 heterocycles. The van der Waals surface area contributed by atoms with Crippen molar-refractivity contribution in [1.29, 1.82) is 0 Å². The topological polar surface area (TPSA) is 141 Å². The molecule has 2 aliphatic rings. The fourth-order valence-electron chi connectivity index (χ4n) is 4.65. The second kappa shape index (κ2) is 9.73. The van der Waals surface area contributed by atoms with Crippen LogP contribution in [0.3, 0.4) is 0 Å². The van der Waals surface area contributed by atoms with Crippen LogP contribution in [0.2, 0.25) is 0 Å². The third-order valence-corrected chi connectivity index (χ3v) is 7.27. The van der Waals surface area contributed by atoms with Crippen LogP contribution in [0.15, 0.2) is 71.1 Å². The van der Waals surface area contributed by atoms with Crippen LogP contribution in [-0.2, 0) is 0 Å². The number of amidine groups is 1. The molecule has 0 bridgehead atoms. The van der Waals surface area contributed by atoms with Gasteiger partial charge >= 0.3 is 0 Å². The summed E-state index contributed by atoms with van der Waals surface area (Å²) in [7, 11) is -3.36. The van der Waals surface area contributed by atoms with Gasteiger partial charge in [-0.05, 0) is 71.3 Å². The Morgan fingerprint density at radius 3 is 2.67 bits per heavy atom. The molecule has 3 aromatic carbocycles. The lowest BCUT2D eigenvalue weighted by Crippen LogP contribution is -2.41. The summed E-state index contributed by atoms with van der Waals surface area (Å²) in [6, 6.07) is 19.6. The van der Waals surface area contributed by atoms with Gasteiger partial charge < -0.3 is 20.5 Å². The molecule has 1 saturated heterocycles. The highest BCUT2D eigenvalue weighted by Gasteiger charge is 2.28. The Morgan fingerprint density at radius 1 is 1.11 bits per heavy atom. The van der Waals surface area contributed by atoms with Gasteiger partial charge in [0.1, 0.15) is 11.5 Å². The predicted octanol–water partition coefficient (Wildman–Crippen LogP) is 4.70. The number of amides is 1. The quantitative estimate of drug-likeness (QED) is 0.336. The molecule has 188 valence electrons. The number of nitrogens with two attached hydrogens (primary N) is 1. The van der Waals surface area contributed by atoms with Crippen molar-refractivity contribution in [3.8, 4) is 22.6 Å². The minimum Gasteiger partial charge on any atom is -0.508 e. The number of hydrogen-bond donors (Lipinski definition) is 5. The van der Waals surface area contributed by atoms with Crippen LogP contribution in [0.25, 0.3) is 11.1 Å². The van der Waals surface area contributed by atoms with E-state index in [1.54, 1.807) is 36.4 Å². The van der Waals surface area contributed by atoms with Crippen molar-refractivity contribution in [3.05, 3.63) is 77.9 Å². The van der Waals surface area contributed by atoms with Crippen LogP contribution in [-0.4, -0.2) is 50.6 Å². The van der Waals surface area contributed by atoms with Gasteiger partial charge in [-0.25, -0.2) is 0 Å². The van der Waals surface area contributed by atoms with E-state index in [4.69, 9.17) is 10.5 Å². The monoisotopic (exact) mass is 508 g/mol. The minimum absolute atomic E-state index is 0.00594. The Morgan fingerprint density at radius 2 is 1.86 bits per heavy atom. The number of hydrogen-bond acceptors (Lipinski definition) is 8. The highest BCUT2D eigenvalue weighted by Crippen LogP contribution is 2.46. The highest BCUT2D eigenvalue weighted by molar-refractivity contribution is 8.24. The number of phenols is 1. The van der Waals surface area contributed by atoms with E-state index in [0.717, 1.165) is 24.0 Å². The molecule has 0 spiro atoms. The maximum absolute atomic E-state index is 13.3. The molecular weight excluding hydrogens is 480 g/mol. The van der Waals surface area contributed by atoms with E-state index >= 15 is 0 Å². The number of likely N-dealkylation sites (tertiary alicyclic amines) is 1. The van der Waals surface area contributed by atoms with Crippen LogP contribution in [0.1, 0.15) is 28.8 Å². The molecule has 0 saturated carbocycles. The van der Waals surface area contributed by atoms with Gasteiger partial charge in [0, 0.05) is 24.6 Å². The highest BCUT2D eigenvalue weighted by atomic mass is 32.3. The van der Waals surface area contributed by atoms with Crippen molar-refractivity contribution in [2.24, 2.45) is 16.0 Å². The van der Waals surface area contributed by atoms with Gasteiger partial charge in [-0.1, -0.05) is 30.3 Å². The number of aromatic hydroxyl groups is 1. The van der Waals surface area contributed by atoms with Gasteiger partial charge in [0.25, 0.3) is 5.91 Å². The molecule has 6 N–H and O–H groups in total. The average molecular weight is 509 g/mol. The molecule has 0 aromatic heterocycles. The number of carbonyl (C=O) groups is 1. The zero-order valence-corrected chi connectivity index (χ0v) is 20.3. The second-order valence-corrected chi connectivity index (χ2v) is 10.4. The van der Waals surface area contributed by atoms with Gasteiger partial charge in [0.15, 0.2) is 5.84 Å². The normalized spacial score (nSPS) is 19.4. The summed E-state index contributed by atoms with van der Waals surface area (Å²) >= 11 is 0. The number of phenolic OH excluding ortho intramolecular Hbond substituents is 1. The molecule has 1 atom stereocenters. The zero-order valence-electron chi connectivity index (χ0n) is 19.5. The summed E-state index contributed by atoms with van der Waals surface area (Å²) in [5.41, 5.74) is 9.25. The van der Waals surface area contributed by atoms with Crippen LogP contribution < -0.4 is 15.2 Å². The standard InChI is InChI=1S/C26H28N4O5S/c27-25-24-22(28-36(33,34)29-25)10-3-11-23(24)35-16-17-5-4-12-30(15-17)26(32)20-8-1-6-18(13-20)19-7-2-9-21(31)14-19/h1-3,6-11,13-14,17,28,31,33-34H,4-5,12,15-16H2,(H2,27,29)/t17-/m0/s1. The number of fused-ring (bicyclic) bond motifs is 1. The lowest BCUT2D eigenvalue weighted by atomic mass is 9.97. The first-order valence-electron chi connectivity index (χ1n) is 11.7. The van der Waals surface area contributed by atoms with Crippen molar-refractivity contribution in [3.63, 3.8) is 0 Å². The van der Waals surface area contributed by atoms with Crippen LogP contribution in [0.4, 0.5) is 5.69 Å². The average Bonchev–Trinajstić information content (AvgIpc) is 2.86. The Balaban J connectivity index is 1.26. The fraction of sp³-hybridized carbons (Fsp3) is 0.231. The van der Waals surface area contributed by atoms with Crippen molar-refractivity contribution in [1.82, 2.24) is 4.90 Å². The Kier molecular flexibility index (Phi) is 6.48. The van der Waals surface area contributed by atoms with E-state index in [9.17, 15) is 19.0 Å². The van der Waals surface area contributed by atoms with Crippen LogP contribution in [0, 0.1) is 5.92 Å². The molecule has 9 nitrogen and oxygen atoms in total. The number of anilines is 1. The summed E-state index contributed by atoms with van der Waals surface area (Å²) in [6.45, 7) is 1.62. The summed E-state index contributed by atoms with van der Waals surface area (Å²) in [6.07, 6.45) is 1.79. The number of ether oxygens (including phenoxy) is 1. The van der Waals surface area contributed by atoms with Crippen molar-refractivity contribution >= 4 is 28.4 Å². The van der Waals surface area contributed by atoms with Gasteiger partial charge in [0.2, 0.25) is 0 Å². The molecule has 36 heavy (non-hydrogen) atoms. The molecule has 0 aliphatic carbocycles. The molecule has 1 fully saturated rings. The summed E-state index contributed by atoms with van der Waals surface area (Å²) in [4.78, 5) is 15.2. The molecule has 2 aliphatic heterocycles. The molecular formula is C26H28N4O5S. The second-order valence-electron chi connectivity index (χ2n) is 8.98. The largest absolute Gasteiger partial charge is 0.508 e. The molecule has 5 rings (SSSR count). The number of benzene rings is 3. The number of nitrogens with zero attached hydrogens (tertiary/aromatic N) is 2. The molecule has 10 heteroatoms. The predicted molar refractivity (Wildman–Crippen MR) is 141 cm³/mol. The van der Waals surface area contributed by atoms with E-state index in [1.165, 1.54) is 0 Å². The Bertz CT molecular complexity index is 1330. The first-order valence-corrected chi connectivity index (χ1v) is 13.2. The molecule has 0 unspecified atom stereocenters. The minimum atomic E-state index is -3.36. The lowest BCUT2D eigenvalue weighted by Gasteiger charge is -2.34. The Labute approximate surface area is 210 Å². The molecule has 3 aromatic rings. The van der Waals surface area contributed by atoms with Gasteiger partial charge in [-0.3, -0.25) is 18.6 Å². The maximum Gasteiger partial charge on any atom is 0.253 e. The Hall–Kier alpha value is -3.73. The molecule has 0 radical (unpaired) electrons.